The molecule has 2 rings (SSSR count). The molecule has 0 fully saturated rings. The number of aromatic nitrogens is 1. The normalized spacial score (nSPS) is 10.7. The number of nitrogens with zero attached hydrogens (tertiary/aromatic N) is 1. The molecule has 0 aliphatic heterocycles. The van der Waals surface area contributed by atoms with Gasteiger partial charge in [-0.3, -0.25) is 4.98 Å². The number of benzene rings is 1. The molecule has 21 heavy (non-hydrogen) atoms. The molecule has 3 nitrogen and oxygen atoms in total. The Kier molecular flexibility index (Phi) is 5.28. The van der Waals surface area contributed by atoms with Crippen LogP contribution in [0.3, 0.4) is 0 Å². The van der Waals surface area contributed by atoms with Gasteiger partial charge in [0, 0.05) is 30.1 Å². The van der Waals surface area contributed by atoms with Crippen LogP contribution in [0.2, 0.25) is 0 Å². The predicted molar refractivity (Wildman–Crippen MR) is 82.2 cm³/mol. The van der Waals surface area contributed by atoms with E-state index >= 15 is 0 Å². The zero-order valence-corrected chi connectivity index (χ0v) is 12.7. The monoisotopic (exact) mass is 288 g/mol. The third-order valence-electron chi connectivity index (χ3n) is 3.18. The van der Waals surface area contributed by atoms with Crippen molar-refractivity contribution in [2.24, 2.45) is 0 Å². The molecule has 0 spiro atoms. The van der Waals surface area contributed by atoms with Gasteiger partial charge in [0.05, 0.1) is 0 Å². The van der Waals surface area contributed by atoms with Gasteiger partial charge in [-0.15, -0.1) is 0 Å². The van der Waals surface area contributed by atoms with Crippen LogP contribution in [0.25, 0.3) is 0 Å². The zero-order chi connectivity index (χ0) is 15.2. The average Bonchev–Trinajstić information content (AvgIpc) is 2.45. The second-order valence-corrected chi connectivity index (χ2v) is 5.12. The number of rotatable bonds is 6. The molecule has 0 saturated carbocycles. The number of halogens is 1. The van der Waals surface area contributed by atoms with E-state index in [0.717, 1.165) is 30.0 Å². The van der Waals surface area contributed by atoms with Gasteiger partial charge < -0.3 is 10.1 Å². The average molecular weight is 288 g/mol. The van der Waals surface area contributed by atoms with Gasteiger partial charge in [0.25, 0.3) is 0 Å². The fraction of sp³-hybridized carbons (Fsp3) is 0.353. The highest BCUT2D eigenvalue weighted by atomic mass is 19.1. The van der Waals surface area contributed by atoms with Crippen LogP contribution in [0.5, 0.6) is 11.5 Å². The summed E-state index contributed by atoms with van der Waals surface area (Å²) in [6.45, 7) is 7.43. The predicted octanol–water partition coefficient (Wildman–Crippen LogP) is 4.13. The highest BCUT2D eigenvalue weighted by Gasteiger charge is 2.08. The first-order valence-electron chi connectivity index (χ1n) is 7.20. The lowest BCUT2D eigenvalue weighted by molar-refractivity contribution is 0.468. The van der Waals surface area contributed by atoms with Crippen LogP contribution in [0, 0.1) is 19.7 Å². The van der Waals surface area contributed by atoms with E-state index < -0.39 is 0 Å². The Morgan fingerprint density at radius 1 is 1.24 bits per heavy atom. The highest BCUT2D eigenvalue weighted by Crippen LogP contribution is 2.27. The topological polar surface area (TPSA) is 34.2 Å². The summed E-state index contributed by atoms with van der Waals surface area (Å²) in [6, 6.07) is 6.67. The molecular weight excluding hydrogens is 267 g/mol. The van der Waals surface area contributed by atoms with Crippen molar-refractivity contribution in [1.82, 2.24) is 10.3 Å². The molecule has 0 amide bonds. The number of aryl methyl sites for hydroxylation is 2. The Bertz CT molecular complexity index is 614. The van der Waals surface area contributed by atoms with E-state index in [9.17, 15) is 4.39 Å². The number of ether oxygens (including phenoxy) is 1. The molecule has 0 aliphatic rings. The summed E-state index contributed by atoms with van der Waals surface area (Å²) >= 11 is 0. The van der Waals surface area contributed by atoms with Gasteiger partial charge >= 0.3 is 0 Å². The third-order valence-corrected chi connectivity index (χ3v) is 3.18. The maximum absolute atomic E-state index is 13.3. The van der Waals surface area contributed by atoms with Crippen molar-refractivity contribution in [3.8, 4) is 11.5 Å². The molecule has 0 saturated heterocycles. The summed E-state index contributed by atoms with van der Waals surface area (Å²) in [6.07, 6.45) is 2.90. The smallest absolute Gasteiger partial charge is 0.135 e. The molecule has 1 heterocycles. The molecule has 0 aliphatic carbocycles. The summed E-state index contributed by atoms with van der Waals surface area (Å²) < 4.78 is 19.2. The lowest BCUT2D eigenvalue weighted by Gasteiger charge is -2.13. The molecule has 0 atom stereocenters. The number of hydrogen-bond donors (Lipinski definition) is 1. The molecule has 4 heteroatoms. The number of hydrogen-bond acceptors (Lipinski definition) is 3. The van der Waals surface area contributed by atoms with Crippen molar-refractivity contribution in [3.63, 3.8) is 0 Å². The summed E-state index contributed by atoms with van der Waals surface area (Å²) in [5.41, 5.74) is 2.46. The van der Waals surface area contributed by atoms with Gasteiger partial charge in [-0.05, 0) is 50.6 Å². The van der Waals surface area contributed by atoms with E-state index in [0.29, 0.717) is 17.9 Å². The van der Waals surface area contributed by atoms with Crippen LogP contribution in [-0.2, 0) is 6.54 Å². The minimum Gasteiger partial charge on any atom is -0.457 e. The van der Waals surface area contributed by atoms with E-state index in [-0.39, 0.29) is 5.82 Å². The van der Waals surface area contributed by atoms with Gasteiger partial charge in [-0.25, -0.2) is 4.39 Å². The fourth-order valence-corrected chi connectivity index (χ4v) is 2.00. The Labute approximate surface area is 125 Å². The zero-order valence-electron chi connectivity index (χ0n) is 12.7. The van der Waals surface area contributed by atoms with Crippen molar-refractivity contribution in [1.29, 1.82) is 0 Å². The lowest BCUT2D eigenvalue weighted by atomic mass is 10.2. The van der Waals surface area contributed by atoms with Crippen LogP contribution < -0.4 is 10.1 Å². The molecule has 1 N–H and O–H groups in total. The minimum atomic E-state index is -0.224. The SMILES string of the molecule is CCCNCc1cnc(C)cc1Oc1ccc(F)c(C)c1. The molecule has 1 aromatic heterocycles. The van der Waals surface area contributed by atoms with Gasteiger partial charge in [0.2, 0.25) is 0 Å². The standard InChI is InChI=1S/C17H21FN2O/c1-4-7-19-10-14-11-20-13(3)9-17(14)21-15-5-6-16(18)12(2)8-15/h5-6,8-9,11,19H,4,7,10H2,1-3H3. The van der Waals surface area contributed by atoms with Gasteiger partial charge in [0.1, 0.15) is 17.3 Å². The maximum atomic E-state index is 13.3. The Morgan fingerprint density at radius 3 is 2.76 bits per heavy atom. The Hall–Kier alpha value is -1.94. The fourth-order valence-electron chi connectivity index (χ4n) is 2.00. The lowest BCUT2D eigenvalue weighted by Crippen LogP contribution is -2.14. The quantitative estimate of drug-likeness (QED) is 0.812. The van der Waals surface area contributed by atoms with Crippen molar-refractivity contribution < 1.29 is 9.13 Å². The van der Waals surface area contributed by atoms with Gasteiger partial charge in [-0.2, -0.15) is 0 Å². The molecule has 2 aromatic rings. The maximum Gasteiger partial charge on any atom is 0.135 e. The van der Waals surface area contributed by atoms with Crippen molar-refractivity contribution in [3.05, 3.63) is 53.1 Å². The first-order chi connectivity index (χ1) is 10.1. The largest absolute Gasteiger partial charge is 0.457 e. The van der Waals surface area contributed by atoms with Crippen LogP contribution in [0.15, 0.2) is 30.5 Å². The highest BCUT2D eigenvalue weighted by molar-refractivity contribution is 5.39. The van der Waals surface area contributed by atoms with Crippen LogP contribution in [0.4, 0.5) is 4.39 Å². The van der Waals surface area contributed by atoms with Crippen LogP contribution >= 0.6 is 0 Å². The van der Waals surface area contributed by atoms with Gasteiger partial charge in [0.15, 0.2) is 0 Å². The van der Waals surface area contributed by atoms with Crippen LogP contribution in [0.1, 0.15) is 30.2 Å². The Morgan fingerprint density at radius 2 is 2.05 bits per heavy atom. The van der Waals surface area contributed by atoms with Crippen LogP contribution in [-0.4, -0.2) is 11.5 Å². The first-order valence-corrected chi connectivity index (χ1v) is 7.20. The van der Waals surface area contributed by atoms with E-state index in [1.807, 2.05) is 19.2 Å². The second-order valence-electron chi connectivity index (χ2n) is 5.12. The third kappa shape index (κ3) is 4.26. The second kappa shape index (κ2) is 7.18. The molecule has 0 radical (unpaired) electrons. The summed E-state index contributed by atoms with van der Waals surface area (Å²) in [5.74, 6) is 1.17. The van der Waals surface area contributed by atoms with E-state index in [4.69, 9.17) is 4.74 Å². The molecule has 0 bridgehead atoms. The summed E-state index contributed by atoms with van der Waals surface area (Å²) in [7, 11) is 0. The van der Waals surface area contributed by atoms with Gasteiger partial charge in [-0.1, -0.05) is 6.92 Å². The molecule has 0 unspecified atom stereocenters. The molecule has 1 aromatic carbocycles. The molecular formula is C17H21FN2O. The summed E-state index contributed by atoms with van der Waals surface area (Å²) in [5, 5.41) is 3.34. The van der Waals surface area contributed by atoms with Crippen molar-refractivity contribution in [2.75, 3.05) is 6.54 Å². The first kappa shape index (κ1) is 15.4. The van der Waals surface area contributed by atoms with E-state index in [2.05, 4.69) is 17.2 Å². The van der Waals surface area contributed by atoms with Crippen molar-refractivity contribution in [2.45, 2.75) is 33.7 Å². The Balaban J connectivity index is 2.20. The van der Waals surface area contributed by atoms with E-state index in [1.165, 1.54) is 6.07 Å². The summed E-state index contributed by atoms with van der Waals surface area (Å²) in [4.78, 5) is 4.31. The number of pyridine rings is 1. The number of nitrogens with one attached hydrogen (secondary N) is 1. The van der Waals surface area contributed by atoms with Crippen molar-refractivity contribution >= 4 is 0 Å². The molecule has 112 valence electrons. The minimum absolute atomic E-state index is 0.224. The van der Waals surface area contributed by atoms with E-state index in [1.54, 1.807) is 19.1 Å².